The van der Waals surface area contributed by atoms with Gasteiger partial charge in [-0.1, -0.05) is 17.7 Å². The van der Waals surface area contributed by atoms with Gasteiger partial charge in [0.15, 0.2) is 0 Å². The van der Waals surface area contributed by atoms with Crippen molar-refractivity contribution < 1.29 is 4.79 Å². The van der Waals surface area contributed by atoms with E-state index in [2.05, 4.69) is 22.5 Å². The Balaban J connectivity index is 1.73. The van der Waals surface area contributed by atoms with Crippen LogP contribution in [0.1, 0.15) is 28.9 Å². The summed E-state index contributed by atoms with van der Waals surface area (Å²) in [5.41, 5.74) is 3.53. The average Bonchev–Trinajstić information content (AvgIpc) is 3.26. The largest absolute Gasteiger partial charge is 0.355 e. The number of aromatic nitrogens is 1. The van der Waals surface area contributed by atoms with Crippen LogP contribution in [-0.4, -0.2) is 16.9 Å². The maximum atomic E-state index is 11.9. The van der Waals surface area contributed by atoms with E-state index in [1.54, 1.807) is 12.3 Å². The minimum absolute atomic E-state index is 0.0972. The molecule has 4 nitrogen and oxygen atoms in total. The van der Waals surface area contributed by atoms with Crippen LogP contribution in [0.4, 0.5) is 11.4 Å². The van der Waals surface area contributed by atoms with Crippen LogP contribution < -0.4 is 10.6 Å². The fourth-order valence-electron chi connectivity index (χ4n) is 1.92. The van der Waals surface area contributed by atoms with Gasteiger partial charge in [0.05, 0.1) is 0 Å². The number of amides is 1. The Hall–Kier alpha value is -2.36. The molecule has 1 amide bonds. The molecule has 1 aliphatic rings. The molecule has 0 spiro atoms. The molecule has 2 aromatic rings. The summed E-state index contributed by atoms with van der Waals surface area (Å²) < 4.78 is 0. The lowest BCUT2D eigenvalue weighted by molar-refractivity contribution is 0.0946. The molecule has 20 heavy (non-hydrogen) atoms. The van der Waals surface area contributed by atoms with E-state index in [1.165, 1.54) is 5.56 Å². The Morgan fingerprint density at radius 3 is 2.60 bits per heavy atom. The summed E-state index contributed by atoms with van der Waals surface area (Å²) in [4.78, 5) is 16.1. The third-order valence-electron chi connectivity index (χ3n) is 3.25. The number of nitrogens with one attached hydrogen (secondary N) is 2. The van der Waals surface area contributed by atoms with Crippen LogP contribution in [0.15, 0.2) is 42.6 Å². The molecule has 1 saturated carbocycles. The summed E-state index contributed by atoms with van der Waals surface area (Å²) in [6, 6.07) is 12.1. The second-order valence-corrected chi connectivity index (χ2v) is 5.17. The first-order chi connectivity index (χ1) is 9.70. The Kier molecular flexibility index (Phi) is 3.37. The number of benzene rings is 1. The number of hydrogen-bond acceptors (Lipinski definition) is 3. The molecule has 0 atom stereocenters. The SMILES string of the molecule is Cc1ccc(Nc2ccnc(C(=O)NC3CC3)c2)cc1. The van der Waals surface area contributed by atoms with Crippen molar-refractivity contribution in [2.24, 2.45) is 0 Å². The molecule has 2 N–H and O–H groups in total. The zero-order chi connectivity index (χ0) is 13.9. The zero-order valence-corrected chi connectivity index (χ0v) is 11.4. The third kappa shape index (κ3) is 3.15. The number of nitrogens with zero attached hydrogens (tertiary/aromatic N) is 1. The normalized spacial score (nSPS) is 13.8. The monoisotopic (exact) mass is 267 g/mol. The highest BCUT2D eigenvalue weighted by molar-refractivity contribution is 5.93. The molecular weight excluding hydrogens is 250 g/mol. The summed E-state index contributed by atoms with van der Waals surface area (Å²) in [6.07, 6.45) is 3.80. The van der Waals surface area contributed by atoms with Gasteiger partial charge in [-0.15, -0.1) is 0 Å². The van der Waals surface area contributed by atoms with Crippen LogP contribution in [-0.2, 0) is 0 Å². The maximum Gasteiger partial charge on any atom is 0.270 e. The lowest BCUT2D eigenvalue weighted by Gasteiger charge is -2.08. The molecular formula is C16H17N3O. The number of anilines is 2. The van der Waals surface area contributed by atoms with Crippen molar-refractivity contribution in [2.75, 3.05) is 5.32 Å². The minimum Gasteiger partial charge on any atom is -0.355 e. The molecule has 1 aliphatic carbocycles. The number of pyridine rings is 1. The van der Waals surface area contributed by atoms with Gasteiger partial charge in [-0.2, -0.15) is 0 Å². The number of rotatable bonds is 4. The van der Waals surface area contributed by atoms with Crippen molar-refractivity contribution >= 4 is 17.3 Å². The molecule has 102 valence electrons. The van der Waals surface area contributed by atoms with Crippen molar-refractivity contribution in [3.05, 3.63) is 53.9 Å². The fraction of sp³-hybridized carbons (Fsp3) is 0.250. The number of hydrogen-bond donors (Lipinski definition) is 2. The van der Waals surface area contributed by atoms with Gasteiger partial charge < -0.3 is 10.6 Å². The van der Waals surface area contributed by atoms with Gasteiger partial charge in [-0.3, -0.25) is 9.78 Å². The lowest BCUT2D eigenvalue weighted by Crippen LogP contribution is -2.26. The van der Waals surface area contributed by atoms with Crippen molar-refractivity contribution in [2.45, 2.75) is 25.8 Å². The highest BCUT2D eigenvalue weighted by atomic mass is 16.2. The Labute approximate surface area is 118 Å². The van der Waals surface area contributed by atoms with E-state index in [0.717, 1.165) is 24.2 Å². The summed E-state index contributed by atoms with van der Waals surface area (Å²) in [7, 11) is 0. The number of aryl methyl sites for hydroxylation is 1. The fourth-order valence-corrected chi connectivity index (χ4v) is 1.92. The van der Waals surface area contributed by atoms with Gasteiger partial charge in [-0.05, 0) is 44.0 Å². The standard InChI is InChI=1S/C16H17N3O/c1-11-2-4-12(5-3-11)18-14-8-9-17-15(10-14)16(20)19-13-6-7-13/h2-5,8-10,13H,6-7H2,1H3,(H,17,18)(H,19,20). The summed E-state index contributed by atoms with van der Waals surface area (Å²) in [5.74, 6) is -0.0972. The van der Waals surface area contributed by atoms with Crippen LogP contribution in [0.5, 0.6) is 0 Å². The van der Waals surface area contributed by atoms with E-state index in [1.807, 2.05) is 30.3 Å². The summed E-state index contributed by atoms with van der Waals surface area (Å²) >= 11 is 0. The van der Waals surface area contributed by atoms with Crippen LogP contribution >= 0.6 is 0 Å². The molecule has 1 fully saturated rings. The summed E-state index contributed by atoms with van der Waals surface area (Å²) in [5, 5.41) is 6.21. The highest BCUT2D eigenvalue weighted by Crippen LogP contribution is 2.20. The van der Waals surface area contributed by atoms with Crippen molar-refractivity contribution in [3.63, 3.8) is 0 Å². The Morgan fingerprint density at radius 2 is 1.90 bits per heavy atom. The maximum absolute atomic E-state index is 11.9. The quantitative estimate of drug-likeness (QED) is 0.895. The third-order valence-corrected chi connectivity index (χ3v) is 3.25. The Bertz CT molecular complexity index is 618. The molecule has 0 bridgehead atoms. The van der Waals surface area contributed by atoms with Crippen LogP contribution in [0, 0.1) is 6.92 Å². The van der Waals surface area contributed by atoms with E-state index < -0.39 is 0 Å². The number of carbonyl (C=O) groups is 1. The van der Waals surface area contributed by atoms with E-state index in [0.29, 0.717) is 11.7 Å². The smallest absolute Gasteiger partial charge is 0.270 e. The second-order valence-electron chi connectivity index (χ2n) is 5.17. The van der Waals surface area contributed by atoms with Crippen LogP contribution in [0.3, 0.4) is 0 Å². The van der Waals surface area contributed by atoms with E-state index >= 15 is 0 Å². The highest BCUT2D eigenvalue weighted by Gasteiger charge is 2.24. The molecule has 1 heterocycles. The van der Waals surface area contributed by atoms with Gasteiger partial charge >= 0.3 is 0 Å². The van der Waals surface area contributed by atoms with Crippen LogP contribution in [0.2, 0.25) is 0 Å². The van der Waals surface area contributed by atoms with E-state index in [9.17, 15) is 4.79 Å². The van der Waals surface area contributed by atoms with Crippen molar-refractivity contribution in [1.29, 1.82) is 0 Å². The van der Waals surface area contributed by atoms with E-state index in [-0.39, 0.29) is 5.91 Å². The van der Waals surface area contributed by atoms with Gasteiger partial charge in [-0.25, -0.2) is 0 Å². The van der Waals surface area contributed by atoms with Crippen LogP contribution in [0.25, 0.3) is 0 Å². The van der Waals surface area contributed by atoms with Crippen molar-refractivity contribution in [1.82, 2.24) is 10.3 Å². The molecule has 4 heteroatoms. The van der Waals surface area contributed by atoms with Gasteiger partial charge in [0.25, 0.3) is 5.91 Å². The topological polar surface area (TPSA) is 54.0 Å². The molecule has 0 aliphatic heterocycles. The van der Waals surface area contributed by atoms with E-state index in [4.69, 9.17) is 0 Å². The zero-order valence-electron chi connectivity index (χ0n) is 11.4. The lowest BCUT2D eigenvalue weighted by atomic mass is 10.2. The molecule has 0 radical (unpaired) electrons. The van der Waals surface area contributed by atoms with Crippen molar-refractivity contribution in [3.8, 4) is 0 Å². The minimum atomic E-state index is -0.0972. The Morgan fingerprint density at radius 1 is 1.15 bits per heavy atom. The van der Waals surface area contributed by atoms with Gasteiger partial charge in [0.2, 0.25) is 0 Å². The first-order valence-corrected chi connectivity index (χ1v) is 6.81. The molecule has 3 rings (SSSR count). The summed E-state index contributed by atoms with van der Waals surface area (Å²) in [6.45, 7) is 2.05. The second kappa shape index (κ2) is 5.33. The molecule has 1 aromatic carbocycles. The average molecular weight is 267 g/mol. The van der Waals surface area contributed by atoms with Gasteiger partial charge in [0.1, 0.15) is 5.69 Å². The first-order valence-electron chi connectivity index (χ1n) is 6.81. The predicted molar refractivity (Wildman–Crippen MR) is 79.2 cm³/mol. The molecule has 0 unspecified atom stereocenters. The molecule has 0 saturated heterocycles. The number of carbonyl (C=O) groups excluding carboxylic acids is 1. The first kappa shape index (κ1) is 12.7. The molecule has 1 aromatic heterocycles. The van der Waals surface area contributed by atoms with Gasteiger partial charge in [0, 0.05) is 23.6 Å². The predicted octanol–water partition coefficient (Wildman–Crippen LogP) is 3.03.